The van der Waals surface area contributed by atoms with Crippen molar-refractivity contribution in [3.05, 3.63) is 30.5 Å². The normalized spacial score (nSPS) is 22.2. The molecule has 0 aliphatic carbocycles. The lowest BCUT2D eigenvalue weighted by Gasteiger charge is -2.30. The van der Waals surface area contributed by atoms with Gasteiger partial charge in [0.05, 0.1) is 5.52 Å². The molecule has 5 rings (SSSR count). The molecule has 0 atom stereocenters. The van der Waals surface area contributed by atoms with E-state index >= 15 is 0 Å². The fourth-order valence-corrected chi connectivity index (χ4v) is 3.94. The number of fused-ring (bicyclic) bond motifs is 5. The fraction of sp³-hybridized carbons (Fsp3) is 0.524. The largest absolute Gasteiger partial charge is 0.443 e. The Morgan fingerprint density at radius 2 is 1.75 bits per heavy atom. The smallest absolute Gasteiger partial charge is 0.418 e. The molecule has 2 bridgehead atoms. The summed E-state index contributed by atoms with van der Waals surface area (Å²) in [5.41, 5.74) is 0.154. The Bertz CT molecular complexity index is 891. The highest BCUT2D eigenvalue weighted by Gasteiger charge is 2.33. The molecule has 1 amide bonds. The molecule has 3 saturated heterocycles. The van der Waals surface area contributed by atoms with E-state index in [0.717, 1.165) is 43.4 Å². The van der Waals surface area contributed by atoms with E-state index in [1.165, 1.54) is 4.57 Å². The zero-order valence-electron chi connectivity index (χ0n) is 16.7. The molecule has 3 aliphatic heterocycles. The number of rotatable bonds is 1. The minimum atomic E-state index is -0.563. The second kappa shape index (κ2) is 7.13. The zero-order chi connectivity index (χ0) is 19.9. The summed E-state index contributed by atoms with van der Waals surface area (Å²) in [5.74, 6) is 0.485. The number of ether oxygens (including phenoxy) is 2. The number of carbonyl (C=O) groups is 2. The molecule has 3 aliphatic rings. The molecule has 150 valence electrons. The number of piperidine rings is 1. The van der Waals surface area contributed by atoms with Gasteiger partial charge in [-0.05, 0) is 57.9 Å². The van der Waals surface area contributed by atoms with Gasteiger partial charge in [0.25, 0.3) is 0 Å². The number of hydrogen-bond donors (Lipinski definition) is 0. The molecule has 2 aromatic rings. The molecule has 1 aromatic heterocycles. The molecule has 28 heavy (non-hydrogen) atoms. The van der Waals surface area contributed by atoms with Crippen molar-refractivity contribution in [2.75, 3.05) is 26.2 Å². The standard InChI is InChI=1S/C21H27N3O4/c1-21(2,3)28-20(26)24-11-6-15-14-17(4-5-18(15)24)27-19(25)23-13-12-22-9-7-16(23)8-10-22/h4-6,11,14,16H,7-10,12-13H2,1-3H3. The highest BCUT2D eigenvalue weighted by Crippen LogP contribution is 2.26. The molecule has 0 N–H and O–H groups in total. The van der Waals surface area contributed by atoms with Gasteiger partial charge in [0, 0.05) is 43.8 Å². The Kier molecular flexibility index (Phi) is 4.79. The third-order valence-electron chi connectivity index (χ3n) is 5.35. The number of benzene rings is 1. The highest BCUT2D eigenvalue weighted by atomic mass is 16.6. The van der Waals surface area contributed by atoms with Crippen molar-refractivity contribution < 1.29 is 19.1 Å². The van der Waals surface area contributed by atoms with Gasteiger partial charge in [-0.2, -0.15) is 0 Å². The molecule has 7 nitrogen and oxygen atoms in total. The van der Waals surface area contributed by atoms with Crippen molar-refractivity contribution in [3.63, 3.8) is 0 Å². The maximum absolute atomic E-state index is 12.7. The van der Waals surface area contributed by atoms with Gasteiger partial charge in [-0.3, -0.25) is 4.57 Å². The van der Waals surface area contributed by atoms with Crippen molar-refractivity contribution in [3.8, 4) is 5.75 Å². The molecular formula is C21H27N3O4. The topological polar surface area (TPSA) is 64.0 Å². The lowest BCUT2D eigenvalue weighted by molar-refractivity contribution is 0.0544. The number of aromatic nitrogens is 1. The van der Waals surface area contributed by atoms with E-state index in [2.05, 4.69) is 4.90 Å². The fourth-order valence-electron chi connectivity index (χ4n) is 3.94. The van der Waals surface area contributed by atoms with Crippen LogP contribution in [0.3, 0.4) is 0 Å². The Morgan fingerprint density at radius 3 is 2.46 bits per heavy atom. The average molecular weight is 385 g/mol. The quantitative estimate of drug-likeness (QED) is 0.749. The third-order valence-corrected chi connectivity index (χ3v) is 5.35. The van der Waals surface area contributed by atoms with Crippen LogP contribution in [0.15, 0.2) is 30.5 Å². The first kappa shape index (κ1) is 18.8. The van der Waals surface area contributed by atoms with Crippen molar-refractivity contribution in [1.82, 2.24) is 14.4 Å². The van der Waals surface area contributed by atoms with Gasteiger partial charge in [-0.25, -0.2) is 9.59 Å². The van der Waals surface area contributed by atoms with Gasteiger partial charge < -0.3 is 19.3 Å². The Hall–Kier alpha value is -2.54. The Morgan fingerprint density at radius 1 is 1.00 bits per heavy atom. The predicted molar refractivity (Wildman–Crippen MR) is 106 cm³/mol. The van der Waals surface area contributed by atoms with Crippen molar-refractivity contribution in [1.29, 1.82) is 0 Å². The molecular weight excluding hydrogens is 358 g/mol. The molecule has 3 fully saturated rings. The van der Waals surface area contributed by atoms with Crippen LogP contribution in [-0.4, -0.2) is 64.4 Å². The second-order valence-corrected chi connectivity index (χ2v) is 8.52. The summed E-state index contributed by atoms with van der Waals surface area (Å²) in [6, 6.07) is 7.37. The van der Waals surface area contributed by atoms with E-state index in [1.54, 1.807) is 24.4 Å². The van der Waals surface area contributed by atoms with E-state index in [-0.39, 0.29) is 12.1 Å². The van der Waals surface area contributed by atoms with Gasteiger partial charge in [-0.1, -0.05) is 0 Å². The van der Waals surface area contributed by atoms with E-state index < -0.39 is 11.7 Å². The third kappa shape index (κ3) is 3.85. The van der Waals surface area contributed by atoms with Gasteiger partial charge in [0.1, 0.15) is 11.4 Å². The van der Waals surface area contributed by atoms with Crippen LogP contribution in [0.2, 0.25) is 0 Å². The van der Waals surface area contributed by atoms with Gasteiger partial charge in [0.15, 0.2) is 0 Å². The van der Waals surface area contributed by atoms with E-state index in [9.17, 15) is 9.59 Å². The number of hydrogen-bond acceptors (Lipinski definition) is 5. The first-order valence-electron chi connectivity index (χ1n) is 9.85. The van der Waals surface area contributed by atoms with Crippen LogP contribution >= 0.6 is 0 Å². The minimum Gasteiger partial charge on any atom is -0.443 e. The maximum atomic E-state index is 12.7. The summed E-state index contributed by atoms with van der Waals surface area (Å²) in [6.45, 7) is 9.23. The first-order chi connectivity index (χ1) is 13.3. The number of carbonyl (C=O) groups excluding carboxylic acids is 2. The second-order valence-electron chi connectivity index (χ2n) is 8.52. The van der Waals surface area contributed by atoms with Crippen molar-refractivity contribution in [2.45, 2.75) is 45.3 Å². The van der Waals surface area contributed by atoms with Crippen LogP contribution in [0, 0.1) is 0 Å². The van der Waals surface area contributed by atoms with Crippen LogP contribution in [0.5, 0.6) is 5.75 Å². The lowest BCUT2D eigenvalue weighted by atomic mass is 10.1. The van der Waals surface area contributed by atoms with Gasteiger partial charge in [-0.15, -0.1) is 0 Å². The molecule has 0 spiro atoms. The van der Waals surface area contributed by atoms with E-state index in [0.29, 0.717) is 12.3 Å². The SMILES string of the molecule is CC(C)(C)OC(=O)n1ccc2cc(OC(=O)N3CCN4CCC3CC4)ccc21. The van der Waals surface area contributed by atoms with Crippen LogP contribution in [0.25, 0.3) is 10.9 Å². The number of nitrogens with zero attached hydrogens (tertiary/aromatic N) is 3. The highest BCUT2D eigenvalue weighted by molar-refractivity contribution is 5.90. The summed E-state index contributed by atoms with van der Waals surface area (Å²) in [4.78, 5) is 29.3. The monoisotopic (exact) mass is 385 g/mol. The zero-order valence-corrected chi connectivity index (χ0v) is 16.7. The van der Waals surface area contributed by atoms with E-state index in [4.69, 9.17) is 9.47 Å². The molecule has 7 heteroatoms. The van der Waals surface area contributed by atoms with Gasteiger partial charge >= 0.3 is 12.2 Å². The molecule has 4 heterocycles. The molecule has 1 aromatic carbocycles. The minimum absolute atomic E-state index is 0.267. The summed E-state index contributed by atoms with van der Waals surface area (Å²) in [5, 5.41) is 0.819. The van der Waals surface area contributed by atoms with Crippen LogP contribution in [0.4, 0.5) is 9.59 Å². The number of amides is 1. The van der Waals surface area contributed by atoms with Crippen LogP contribution in [-0.2, 0) is 4.74 Å². The van der Waals surface area contributed by atoms with E-state index in [1.807, 2.05) is 31.7 Å². The summed E-state index contributed by atoms with van der Waals surface area (Å²) in [6.07, 6.45) is 2.97. The average Bonchev–Trinajstić information content (AvgIpc) is 2.81. The maximum Gasteiger partial charge on any atom is 0.418 e. The molecule has 0 saturated carbocycles. The summed E-state index contributed by atoms with van der Waals surface area (Å²) < 4.78 is 12.6. The molecule has 0 unspecified atom stereocenters. The predicted octanol–water partition coefficient (Wildman–Crippen LogP) is 3.70. The van der Waals surface area contributed by atoms with Crippen LogP contribution in [0.1, 0.15) is 33.6 Å². The van der Waals surface area contributed by atoms with Gasteiger partial charge in [0.2, 0.25) is 0 Å². The van der Waals surface area contributed by atoms with Crippen molar-refractivity contribution in [2.24, 2.45) is 0 Å². The Balaban J connectivity index is 1.49. The lowest BCUT2D eigenvalue weighted by Crippen LogP contribution is -2.43. The first-order valence-corrected chi connectivity index (χ1v) is 9.85. The van der Waals surface area contributed by atoms with Crippen molar-refractivity contribution >= 4 is 23.1 Å². The Labute approximate surface area is 164 Å². The molecule has 0 radical (unpaired) electrons. The summed E-state index contributed by atoms with van der Waals surface area (Å²) >= 11 is 0. The van der Waals surface area contributed by atoms with Crippen LogP contribution < -0.4 is 4.74 Å². The summed E-state index contributed by atoms with van der Waals surface area (Å²) in [7, 11) is 0.